The van der Waals surface area contributed by atoms with Gasteiger partial charge in [0.1, 0.15) is 0 Å². The summed E-state index contributed by atoms with van der Waals surface area (Å²) in [6.45, 7) is 1.88. The van der Waals surface area contributed by atoms with Crippen LogP contribution in [-0.2, 0) is 4.79 Å². The lowest BCUT2D eigenvalue weighted by atomic mass is 9.70. The van der Waals surface area contributed by atoms with E-state index in [0.717, 1.165) is 0 Å². The van der Waals surface area contributed by atoms with Crippen LogP contribution in [0.5, 0.6) is 0 Å². The molecule has 0 aromatic carbocycles. The van der Waals surface area contributed by atoms with Crippen molar-refractivity contribution in [1.82, 2.24) is 0 Å². The lowest BCUT2D eigenvalue weighted by Crippen LogP contribution is -2.51. The molecule has 3 N–H and O–H groups in total. The van der Waals surface area contributed by atoms with Crippen molar-refractivity contribution < 1.29 is 9.90 Å². The zero-order valence-corrected chi connectivity index (χ0v) is 6.65. The van der Waals surface area contributed by atoms with E-state index in [9.17, 15) is 4.79 Å². The molecule has 0 aromatic heterocycles. The first-order chi connectivity index (χ1) is 4.01. The van der Waals surface area contributed by atoms with Gasteiger partial charge in [-0.3, -0.25) is 4.79 Å². The molecular weight excluding hydrogens is 154 g/mol. The van der Waals surface area contributed by atoms with Crippen LogP contribution in [-0.4, -0.2) is 16.6 Å². The average molecular weight is 166 g/mol. The molecule has 1 saturated carbocycles. The summed E-state index contributed by atoms with van der Waals surface area (Å²) >= 11 is 0. The maximum absolute atomic E-state index is 10.2. The molecule has 0 aliphatic heterocycles. The second-order valence-corrected chi connectivity index (χ2v) is 3.10. The summed E-state index contributed by atoms with van der Waals surface area (Å²) in [7, 11) is 0. The minimum absolute atomic E-state index is 0. The number of carbonyl (C=O) groups is 1. The molecule has 0 unspecified atom stereocenters. The van der Waals surface area contributed by atoms with Gasteiger partial charge in [-0.25, -0.2) is 0 Å². The topological polar surface area (TPSA) is 63.3 Å². The molecule has 0 radical (unpaired) electrons. The smallest absolute Gasteiger partial charge is 0.306 e. The number of halogens is 1. The van der Waals surface area contributed by atoms with Crippen LogP contribution in [0.1, 0.15) is 19.8 Å². The van der Waals surface area contributed by atoms with Crippen molar-refractivity contribution in [3.63, 3.8) is 0 Å². The van der Waals surface area contributed by atoms with Crippen LogP contribution in [0.15, 0.2) is 0 Å². The third-order valence-corrected chi connectivity index (χ3v) is 1.77. The molecule has 1 fully saturated rings. The lowest BCUT2D eigenvalue weighted by molar-refractivity contribution is -0.146. The molecule has 0 amide bonds. The summed E-state index contributed by atoms with van der Waals surface area (Å²) in [5.74, 6) is -0.891. The fourth-order valence-corrected chi connectivity index (χ4v) is 1.24. The van der Waals surface area contributed by atoms with Gasteiger partial charge in [-0.2, -0.15) is 0 Å². The highest BCUT2D eigenvalue weighted by molar-refractivity contribution is 5.85. The van der Waals surface area contributed by atoms with Crippen molar-refractivity contribution in [2.75, 3.05) is 0 Å². The highest BCUT2D eigenvalue weighted by atomic mass is 35.5. The van der Waals surface area contributed by atoms with Gasteiger partial charge in [-0.1, -0.05) is 0 Å². The third kappa shape index (κ3) is 1.85. The van der Waals surface area contributed by atoms with Gasteiger partial charge < -0.3 is 10.8 Å². The summed E-state index contributed by atoms with van der Waals surface area (Å²) in [5.41, 5.74) is 5.38. The van der Waals surface area contributed by atoms with Crippen LogP contribution in [0, 0.1) is 5.92 Å². The molecule has 1 aliphatic carbocycles. The molecule has 0 bridgehead atoms. The van der Waals surface area contributed by atoms with Gasteiger partial charge in [0, 0.05) is 5.54 Å². The quantitative estimate of drug-likeness (QED) is 0.599. The monoisotopic (exact) mass is 165 g/mol. The second-order valence-electron chi connectivity index (χ2n) is 3.10. The minimum Gasteiger partial charge on any atom is -0.481 e. The predicted molar refractivity (Wildman–Crippen MR) is 40.2 cm³/mol. The third-order valence-electron chi connectivity index (χ3n) is 1.77. The maximum atomic E-state index is 10.2. The van der Waals surface area contributed by atoms with Gasteiger partial charge in [0.05, 0.1) is 5.92 Å². The highest BCUT2D eigenvalue weighted by Gasteiger charge is 2.40. The van der Waals surface area contributed by atoms with Gasteiger partial charge in [0.15, 0.2) is 0 Å². The Labute approximate surface area is 66.0 Å². The van der Waals surface area contributed by atoms with Crippen LogP contribution < -0.4 is 5.73 Å². The first-order valence-electron chi connectivity index (χ1n) is 3.03. The van der Waals surface area contributed by atoms with Gasteiger partial charge in [0.25, 0.3) is 0 Å². The van der Waals surface area contributed by atoms with Crippen molar-refractivity contribution in [2.45, 2.75) is 25.3 Å². The SMILES string of the molecule is CC1(N)CC(C(=O)O)C1.Cl. The number of carboxylic acid groups (broad SMARTS) is 1. The Kier molecular flexibility index (Phi) is 2.68. The number of nitrogens with two attached hydrogens (primary N) is 1. The summed E-state index contributed by atoms with van der Waals surface area (Å²) in [6.07, 6.45) is 1.25. The largest absolute Gasteiger partial charge is 0.481 e. The number of rotatable bonds is 1. The van der Waals surface area contributed by atoms with E-state index in [1.165, 1.54) is 0 Å². The molecule has 3 nitrogen and oxygen atoms in total. The molecule has 4 heteroatoms. The Hall–Kier alpha value is -0.280. The fraction of sp³-hybridized carbons (Fsp3) is 0.833. The molecule has 0 aromatic rings. The Morgan fingerprint density at radius 3 is 2.20 bits per heavy atom. The molecule has 60 valence electrons. The molecule has 0 heterocycles. The zero-order valence-electron chi connectivity index (χ0n) is 5.83. The number of carboxylic acids is 1. The van der Waals surface area contributed by atoms with Crippen LogP contribution >= 0.6 is 12.4 Å². The van der Waals surface area contributed by atoms with Crippen molar-refractivity contribution >= 4 is 18.4 Å². The predicted octanol–water partition coefficient (Wildman–Crippen LogP) is 0.620. The van der Waals surface area contributed by atoms with Crippen LogP contribution in [0.25, 0.3) is 0 Å². The molecule has 0 atom stereocenters. The molecule has 0 saturated heterocycles. The first-order valence-corrected chi connectivity index (χ1v) is 3.03. The lowest BCUT2D eigenvalue weighted by Gasteiger charge is -2.39. The van der Waals surface area contributed by atoms with E-state index < -0.39 is 5.97 Å². The van der Waals surface area contributed by atoms with Gasteiger partial charge >= 0.3 is 5.97 Å². The van der Waals surface area contributed by atoms with Crippen molar-refractivity contribution in [2.24, 2.45) is 11.7 Å². The number of aliphatic carboxylic acids is 1. The Morgan fingerprint density at radius 2 is 2.10 bits per heavy atom. The van der Waals surface area contributed by atoms with Gasteiger partial charge in [-0.15, -0.1) is 12.4 Å². The number of hydrogen-bond acceptors (Lipinski definition) is 2. The minimum atomic E-state index is -0.710. The van der Waals surface area contributed by atoms with E-state index >= 15 is 0 Å². The fourth-order valence-electron chi connectivity index (χ4n) is 1.24. The molecular formula is C6H12ClNO2. The summed E-state index contributed by atoms with van der Waals surface area (Å²) in [5, 5.41) is 8.41. The molecule has 0 spiro atoms. The standard InChI is InChI=1S/C6H11NO2.ClH/c1-6(7)2-4(3-6)5(8)9;/h4H,2-3,7H2,1H3,(H,8,9);1H. The van der Waals surface area contributed by atoms with E-state index in [4.69, 9.17) is 10.8 Å². The van der Waals surface area contributed by atoms with E-state index in [0.29, 0.717) is 12.8 Å². The van der Waals surface area contributed by atoms with Gasteiger partial charge in [0.2, 0.25) is 0 Å². The first kappa shape index (κ1) is 9.72. The number of hydrogen-bond donors (Lipinski definition) is 2. The van der Waals surface area contributed by atoms with E-state index in [1.807, 2.05) is 6.92 Å². The molecule has 1 aliphatic rings. The van der Waals surface area contributed by atoms with Crippen LogP contribution in [0.2, 0.25) is 0 Å². The summed E-state index contributed by atoms with van der Waals surface area (Å²) in [6, 6.07) is 0. The van der Waals surface area contributed by atoms with E-state index in [2.05, 4.69) is 0 Å². The Morgan fingerprint density at radius 1 is 1.70 bits per heavy atom. The normalized spacial score (nSPS) is 37.6. The second kappa shape index (κ2) is 2.76. The highest BCUT2D eigenvalue weighted by Crippen LogP contribution is 2.34. The van der Waals surface area contributed by atoms with Crippen LogP contribution in [0.3, 0.4) is 0 Å². The van der Waals surface area contributed by atoms with E-state index in [-0.39, 0.29) is 23.9 Å². The molecule has 10 heavy (non-hydrogen) atoms. The summed E-state index contributed by atoms with van der Waals surface area (Å²) in [4.78, 5) is 10.2. The van der Waals surface area contributed by atoms with Crippen molar-refractivity contribution in [3.05, 3.63) is 0 Å². The zero-order chi connectivity index (χ0) is 7.07. The van der Waals surface area contributed by atoms with Gasteiger partial charge in [-0.05, 0) is 19.8 Å². The van der Waals surface area contributed by atoms with Crippen molar-refractivity contribution in [3.8, 4) is 0 Å². The maximum Gasteiger partial charge on any atom is 0.306 e. The average Bonchev–Trinajstić information content (AvgIpc) is 1.59. The van der Waals surface area contributed by atoms with Crippen molar-refractivity contribution in [1.29, 1.82) is 0 Å². The summed E-state index contributed by atoms with van der Waals surface area (Å²) < 4.78 is 0. The van der Waals surface area contributed by atoms with Crippen LogP contribution in [0.4, 0.5) is 0 Å². The Balaban J connectivity index is 0.000000810. The Bertz CT molecular complexity index is 139. The van der Waals surface area contributed by atoms with E-state index in [1.54, 1.807) is 0 Å². The molecule has 1 rings (SSSR count).